The number of nitrogens with two attached hydrogens (primary N) is 1. The van der Waals surface area contributed by atoms with Crippen LogP contribution in [0.3, 0.4) is 0 Å². The van der Waals surface area contributed by atoms with Crippen molar-refractivity contribution in [1.82, 2.24) is 20.6 Å². The molecule has 0 fully saturated rings. The lowest BCUT2D eigenvalue weighted by atomic mass is 10.00. The zero-order chi connectivity index (χ0) is 8.27. The van der Waals surface area contributed by atoms with E-state index in [1.807, 2.05) is 0 Å². The molecule has 0 bridgehead atoms. The molecule has 1 aromatic heterocycles. The van der Waals surface area contributed by atoms with Crippen molar-refractivity contribution in [3.63, 3.8) is 0 Å². The molecule has 0 amide bonds. The second-order valence-corrected chi connectivity index (χ2v) is 2.68. The molecule has 62 valence electrons. The lowest BCUT2D eigenvalue weighted by molar-refractivity contribution is 0.439. The predicted molar refractivity (Wildman–Crippen MR) is 40.6 cm³/mol. The first-order valence-corrected chi connectivity index (χ1v) is 3.74. The van der Waals surface area contributed by atoms with Crippen LogP contribution in [0.4, 0.5) is 0 Å². The minimum absolute atomic E-state index is 0.0984. The summed E-state index contributed by atoms with van der Waals surface area (Å²) in [5.74, 6) is 0.993. The molecule has 1 rings (SSSR count). The summed E-state index contributed by atoms with van der Waals surface area (Å²) in [6, 6.07) is -0.0984. The summed E-state index contributed by atoms with van der Waals surface area (Å²) in [5.41, 5.74) is 5.81. The molecule has 0 radical (unpaired) electrons. The highest BCUT2D eigenvalue weighted by Gasteiger charge is 2.16. The summed E-state index contributed by atoms with van der Waals surface area (Å²) in [6.45, 7) is 4.16. The summed E-state index contributed by atoms with van der Waals surface area (Å²) >= 11 is 0. The third-order valence-corrected chi connectivity index (χ3v) is 1.92. The highest BCUT2D eigenvalue weighted by atomic mass is 15.5. The van der Waals surface area contributed by atoms with E-state index in [4.69, 9.17) is 5.73 Å². The van der Waals surface area contributed by atoms with Gasteiger partial charge in [-0.15, -0.1) is 10.2 Å². The maximum absolute atomic E-state index is 5.81. The molecule has 2 atom stereocenters. The Balaban J connectivity index is 2.62. The zero-order valence-electron chi connectivity index (χ0n) is 6.78. The van der Waals surface area contributed by atoms with E-state index in [1.54, 1.807) is 0 Å². The fourth-order valence-corrected chi connectivity index (χ4v) is 0.819. The average Bonchev–Trinajstić information content (AvgIpc) is 2.53. The Morgan fingerprint density at radius 1 is 1.64 bits per heavy atom. The topological polar surface area (TPSA) is 80.5 Å². The van der Waals surface area contributed by atoms with Crippen LogP contribution in [0.25, 0.3) is 0 Å². The lowest BCUT2D eigenvalue weighted by Gasteiger charge is -2.13. The van der Waals surface area contributed by atoms with Crippen LogP contribution in [0.1, 0.15) is 32.1 Å². The van der Waals surface area contributed by atoms with Crippen molar-refractivity contribution < 1.29 is 0 Å². The molecule has 0 aliphatic rings. The van der Waals surface area contributed by atoms with Crippen molar-refractivity contribution in [1.29, 1.82) is 0 Å². The fourth-order valence-electron chi connectivity index (χ4n) is 0.819. The number of aromatic nitrogens is 4. The molecule has 5 heteroatoms. The van der Waals surface area contributed by atoms with E-state index in [0.29, 0.717) is 11.7 Å². The van der Waals surface area contributed by atoms with Gasteiger partial charge >= 0.3 is 0 Å². The van der Waals surface area contributed by atoms with Crippen molar-refractivity contribution in [3.8, 4) is 0 Å². The smallest absolute Gasteiger partial charge is 0.191 e. The van der Waals surface area contributed by atoms with Crippen LogP contribution >= 0.6 is 0 Å². The maximum atomic E-state index is 5.81. The van der Waals surface area contributed by atoms with E-state index < -0.39 is 0 Å². The average molecular weight is 155 g/mol. The van der Waals surface area contributed by atoms with Gasteiger partial charge in [-0.05, 0) is 5.92 Å². The Bertz CT molecular complexity index is 195. The van der Waals surface area contributed by atoms with E-state index in [-0.39, 0.29) is 6.04 Å². The summed E-state index contributed by atoms with van der Waals surface area (Å²) in [6.07, 6.45) is 1.02. The maximum Gasteiger partial charge on any atom is 0.191 e. The Labute approximate surface area is 65.4 Å². The Kier molecular flexibility index (Phi) is 2.53. The fraction of sp³-hybridized carbons (Fsp3) is 0.833. The van der Waals surface area contributed by atoms with Gasteiger partial charge in [-0.1, -0.05) is 25.5 Å². The van der Waals surface area contributed by atoms with Crippen molar-refractivity contribution in [3.05, 3.63) is 5.82 Å². The van der Waals surface area contributed by atoms with Gasteiger partial charge in [0, 0.05) is 0 Å². The molecule has 0 aliphatic carbocycles. The van der Waals surface area contributed by atoms with Gasteiger partial charge in [0.1, 0.15) is 0 Å². The monoisotopic (exact) mass is 155 g/mol. The standard InChI is InChI=1S/C6H13N5/c1-3-4(2)5(7)6-8-10-11-9-6/h4-5H,3,7H2,1-2H3,(H,8,9,10,11)/t4-,5-/m0/s1. The molecule has 0 aromatic carbocycles. The molecule has 0 saturated heterocycles. The Morgan fingerprint density at radius 2 is 2.36 bits per heavy atom. The number of nitrogens with zero attached hydrogens (tertiary/aromatic N) is 3. The molecule has 3 N–H and O–H groups in total. The van der Waals surface area contributed by atoms with Crippen molar-refractivity contribution in [2.75, 3.05) is 0 Å². The highest BCUT2D eigenvalue weighted by molar-refractivity contribution is 4.88. The molecule has 0 unspecified atom stereocenters. The lowest BCUT2D eigenvalue weighted by Crippen LogP contribution is -2.19. The molecule has 0 aliphatic heterocycles. The molecule has 1 aromatic rings. The summed E-state index contributed by atoms with van der Waals surface area (Å²) in [4.78, 5) is 0. The molecular weight excluding hydrogens is 142 g/mol. The van der Waals surface area contributed by atoms with Crippen molar-refractivity contribution in [2.24, 2.45) is 11.7 Å². The summed E-state index contributed by atoms with van der Waals surface area (Å²) < 4.78 is 0. The summed E-state index contributed by atoms with van der Waals surface area (Å²) in [7, 11) is 0. The Morgan fingerprint density at radius 3 is 2.82 bits per heavy atom. The molecule has 1 heterocycles. The molecule has 0 spiro atoms. The van der Waals surface area contributed by atoms with Crippen molar-refractivity contribution in [2.45, 2.75) is 26.3 Å². The first-order valence-electron chi connectivity index (χ1n) is 3.74. The minimum Gasteiger partial charge on any atom is -0.321 e. The predicted octanol–water partition coefficient (Wildman–Crippen LogP) is 0.246. The highest BCUT2D eigenvalue weighted by Crippen LogP contribution is 2.16. The van der Waals surface area contributed by atoms with Gasteiger partial charge in [-0.25, -0.2) is 0 Å². The number of aromatic amines is 1. The number of H-pyrrole nitrogens is 1. The van der Waals surface area contributed by atoms with Gasteiger partial charge in [-0.2, -0.15) is 5.21 Å². The molecule has 5 nitrogen and oxygen atoms in total. The van der Waals surface area contributed by atoms with E-state index in [0.717, 1.165) is 6.42 Å². The normalized spacial score (nSPS) is 16.3. The van der Waals surface area contributed by atoms with Gasteiger partial charge in [-0.3, -0.25) is 0 Å². The molecule has 11 heavy (non-hydrogen) atoms. The van der Waals surface area contributed by atoms with Gasteiger partial charge in [0.05, 0.1) is 6.04 Å². The van der Waals surface area contributed by atoms with Crippen LogP contribution < -0.4 is 5.73 Å². The van der Waals surface area contributed by atoms with Crippen LogP contribution in [0.15, 0.2) is 0 Å². The molecular formula is C6H13N5. The number of nitrogens with one attached hydrogen (secondary N) is 1. The van der Waals surface area contributed by atoms with Crippen LogP contribution in [0.2, 0.25) is 0 Å². The zero-order valence-corrected chi connectivity index (χ0v) is 6.78. The third-order valence-electron chi connectivity index (χ3n) is 1.92. The quantitative estimate of drug-likeness (QED) is 0.655. The van der Waals surface area contributed by atoms with E-state index >= 15 is 0 Å². The Hall–Kier alpha value is -0.970. The number of hydrogen-bond acceptors (Lipinski definition) is 4. The minimum atomic E-state index is -0.0984. The van der Waals surface area contributed by atoms with E-state index in [1.165, 1.54) is 0 Å². The largest absolute Gasteiger partial charge is 0.321 e. The van der Waals surface area contributed by atoms with Crippen molar-refractivity contribution >= 4 is 0 Å². The van der Waals surface area contributed by atoms with Gasteiger partial charge in [0.15, 0.2) is 5.82 Å². The number of tetrazole rings is 1. The van der Waals surface area contributed by atoms with Crippen LogP contribution in [-0.2, 0) is 0 Å². The first kappa shape index (κ1) is 8.13. The van der Waals surface area contributed by atoms with Gasteiger partial charge in [0.2, 0.25) is 0 Å². The summed E-state index contributed by atoms with van der Waals surface area (Å²) in [5, 5.41) is 13.4. The number of rotatable bonds is 3. The van der Waals surface area contributed by atoms with Crippen LogP contribution in [0, 0.1) is 5.92 Å². The molecule has 0 saturated carbocycles. The number of hydrogen-bond donors (Lipinski definition) is 2. The van der Waals surface area contributed by atoms with Gasteiger partial charge < -0.3 is 5.73 Å². The van der Waals surface area contributed by atoms with E-state index in [9.17, 15) is 0 Å². The first-order chi connectivity index (χ1) is 5.25. The SMILES string of the molecule is CC[C@H](C)[C@H](N)c1nn[nH]n1. The van der Waals surface area contributed by atoms with Crippen LogP contribution in [0.5, 0.6) is 0 Å². The second kappa shape index (κ2) is 3.43. The van der Waals surface area contributed by atoms with Crippen LogP contribution in [-0.4, -0.2) is 20.6 Å². The van der Waals surface area contributed by atoms with E-state index in [2.05, 4.69) is 34.5 Å². The third kappa shape index (κ3) is 1.74. The van der Waals surface area contributed by atoms with Gasteiger partial charge in [0.25, 0.3) is 0 Å². The second-order valence-electron chi connectivity index (χ2n) is 2.68.